The molecule has 0 N–H and O–H groups in total. The maximum atomic E-state index is 5.85. The Kier molecular flexibility index (Phi) is 2.35. The smallest absolute Gasteiger partial charge is 0.210 e. The van der Waals surface area contributed by atoms with E-state index >= 15 is 0 Å². The third kappa shape index (κ3) is 1.74. The van der Waals surface area contributed by atoms with Crippen LogP contribution in [0.25, 0.3) is 5.13 Å². The van der Waals surface area contributed by atoms with Gasteiger partial charge in [0.05, 0.1) is 16.9 Å². The molecule has 0 atom stereocenters. The van der Waals surface area contributed by atoms with Gasteiger partial charge in [0.2, 0.25) is 5.13 Å². The molecule has 0 unspecified atom stereocenters. The van der Waals surface area contributed by atoms with Gasteiger partial charge in [0, 0.05) is 0 Å². The zero-order chi connectivity index (χ0) is 9.42. The van der Waals surface area contributed by atoms with E-state index < -0.39 is 0 Å². The van der Waals surface area contributed by atoms with Gasteiger partial charge in [-0.3, -0.25) is 0 Å². The van der Waals surface area contributed by atoms with Crippen molar-refractivity contribution in [2.24, 2.45) is 0 Å². The average molecular weight is 280 g/mol. The molecule has 0 aliphatic heterocycles. The van der Waals surface area contributed by atoms with Gasteiger partial charge in [-0.05, 0) is 22.9 Å². The van der Waals surface area contributed by atoms with E-state index in [4.69, 9.17) is 11.6 Å². The summed E-state index contributed by atoms with van der Waals surface area (Å²) in [4.78, 5) is 0. The highest BCUT2D eigenvalue weighted by Crippen LogP contribution is 2.21. The molecular weight excluding hydrogens is 276 g/mol. The van der Waals surface area contributed by atoms with Crippen molar-refractivity contribution in [3.05, 3.63) is 20.8 Å². The molecule has 4 nitrogen and oxygen atoms in total. The second-order valence-electron chi connectivity index (χ2n) is 2.34. The predicted octanol–water partition coefficient (Wildman–Crippen LogP) is 2.45. The zero-order valence-corrected chi connectivity index (χ0v) is 9.69. The molecule has 2 heterocycles. The molecule has 13 heavy (non-hydrogen) atoms. The standard InChI is InChI=1S/C6H4BrClN4S/c1-3-4(8)2-12(11-3)6-10-9-5(7)13-6/h2H,1H3. The van der Waals surface area contributed by atoms with Crippen LogP contribution in [-0.4, -0.2) is 20.0 Å². The van der Waals surface area contributed by atoms with E-state index in [-0.39, 0.29) is 0 Å². The number of aryl methyl sites for hydroxylation is 1. The van der Waals surface area contributed by atoms with E-state index in [1.54, 1.807) is 10.9 Å². The summed E-state index contributed by atoms with van der Waals surface area (Å²) in [5.74, 6) is 0. The molecule has 0 spiro atoms. The summed E-state index contributed by atoms with van der Waals surface area (Å²) in [6.45, 7) is 1.84. The Labute approximate surface area is 91.7 Å². The minimum absolute atomic E-state index is 0.631. The fraction of sp³-hybridized carbons (Fsp3) is 0.167. The molecule has 2 aromatic heterocycles. The topological polar surface area (TPSA) is 43.6 Å². The number of nitrogens with zero attached hydrogens (tertiary/aromatic N) is 4. The quantitative estimate of drug-likeness (QED) is 0.805. The molecule has 2 aromatic rings. The highest BCUT2D eigenvalue weighted by atomic mass is 79.9. The van der Waals surface area contributed by atoms with Gasteiger partial charge in [0.15, 0.2) is 3.92 Å². The first-order chi connectivity index (χ1) is 6.16. The predicted molar refractivity (Wildman–Crippen MR) is 54.5 cm³/mol. The van der Waals surface area contributed by atoms with Crippen molar-refractivity contribution >= 4 is 38.9 Å². The lowest BCUT2D eigenvalue weighted by molar-refractivity contribution is 0.832. The maximum Gasteiger partial charge on any atom is 0.233 e. The minimum atomic E-state index is 0.631. The van der Waals surface area contributed by atoms with E-state index in [9.17, 15) is 0 Å². The first-order valence-electron chi connectivity index (χ1n) is 3.38. The van der Waals surface area contributed by atoms with E-state index in [1.165, 1.54) is 11.3 Å². The highest BCUT2D eigenvalue weighted by molar-refractivity contribution is 9.11. The Hall–Kier alpha value is -0.460. The Bertz CT molecular complexity index is 418. The summed E-state index contributed by atoms with van der Waals surface area (Å²) in [5, 5.41) is 13.2. The molecule has 0 radical (unpaired) electrons. The monoisotopic (exact) mass is 278 g/mol. The first kappa shape index (κ1) is 9.11. The Balaban J connectivity index is 2.46. The number of rotatable bonds is 1. The van der Waals surface area contributed by atoms with Gasteiger partial charge in [-0.2, -0.15) is 5.10 Å². The minimum Gasteiger partial charge on any atom is -0.210 e. The number of hydrogen-bond acceptors (Lipinski definition) is 4. The second-order valence-corrected chi connectivity index (χ2v) is 4.98. The SMILES string of the molecule is Cc1nn(-c2nnc(Br)s2)cc1Cl. The third-order valence-electron chi connectivity index (χ3n) is 1.42. The molecule has 0 amide bonds. The Morgan fingerprint density at radius 2 is 2.31 bits per heavy atom. The molecule has 68 valence electrons. The average Bonchev–Trinajstić information content (AvgIpc) is 2.61. The molecule has 0 aliphatic rings. The van der Waals surface area contributed by atoms with E-state index in [0.29, 0.717) is 10.2 Å². The van der Waals surface area contributed by atoms with Crippen molar-refractivity contribution in [1.29, 1.82) is 0 Å². The Morgan fingerprint density at radius 1 is 1.54 bits per heavy atom. The van der Waals surface area contributed by atoms with Gasteiger partial charge in [-0.15, -0.1) is 10.2 Å². The zero-order valence-electron chi connectivity index (χ0n) is 6.53. The van der Waals surface area contributed by atoms with E-state index in [2.05, 4.69) is 31.2 Å². The fourth-order valence-electron chi connectivity index (χ4n) is 0.828. The van der Waals surface area contributed by atoms with E-state index in [1.807, 2.05) is 6.92 Å². The van der Waals surface area contributed by atoms with Crippen LogP contribution < -0.4 is 0 Å². The molecular formula is C6H4BrClN4S. The van der Waals surface area contributed by atoms with Crippen LogP contribution in [0.3, 0.4) is 0 Å². The van der Waals surface area contributed by atoms with Crippen LogP contribution in [0.2, 0.25) is 5.02 Å². The first-order valence-corrected chi connectivity index (χ1v) is 5.36. The van der Waals surface area contributed by atoms with Crippen molar-refractivity contribution in [3.63, 3.8) is 0 Å². The summed E-state index contributed by atoms with van der Waals surface area (Å²) >= 11 is 10.5. The van der Waals surface area contributed by atoms with Crippen molar-refractivity contribution in [3.8, 4) is 5.13 Å². The molecule has 7 heteroatoms. The van der Waals surface area contributed by atoms with Crippen molar-refractivity contribution in [1.82, 2.24) is 20.0 Å². The van der Waals surface area contributed by atoms with Crippen LogP contribution >= 0.6 is 38.9 Å². The van der Waals surface area contributed by atoms with Crippen molar-refractivity contribution < 1.29 is 0 Å². The number of halogens is 2. The van der Waals surface area contributed by atoms with Crippen LogP contribution in [0.4, 0.5) is 0 Å². The molecule has 0 aliphatic carbocycles. The van der Waals surface area contributed by atoms with Gasteiger partial charge in [-0.1, -0.05) is 22.9 Å². The second kappa shape index (κ2) is 3.36. The van der Waals surface area contributed by atoms with Gasteiger partial charge < -0.3 is 0 Å². The molecule has 0 bridgehead atoms. The summed E-state index contributed by atoms with van der Waals surface area (Å²) in [7, 11) is 0. The van der Waals surface area contributed by atoms with Gasteiger partial charge in [-0.25, -0.2) is 4.68 Å². The van der Waals surface area contributed by atoms with Gasteiger partial charge >= 0.3 is 0 Å². The fourth-order valence-corrected chi connectivity index (χ4v) is 1.97. The maximum absolute atomic E-state index is 5.85. The van der Waals surface area contributed by atoms with E-state index in [0.717, 1.165) is 9.61 Å². The number of hydrogen-bond donors (Lipinski definition) is 0. The highest BCUT2D eigenvalue weighted by Gasteiger charge is 2.07. The third-order valence-corrected chi connectivity index (χ3v) is 3.14. The molecule has 0 fully saturated rings. The Morgan fingerprint density at radius 3 is 2.77 bits per heavy atom. The van der Waals surface area contributed by atoms with Crippen LogP contribution in [0.15, 0.2) is 10.1 Å². The van der Waals surface area contributed by atoms with Gasteiger partial charge in [0.25, 0.3) is 0 Å². The molecule has 0 saturated heterocycles. The van der Waals surface area contributed by atoms with Crippen LogP contribution in [-0.2, 0) is 0 Å². The lowest BCUT2D eigenvalue weighted by Crippen LogP contribution is -1.93. The number of aromatic nitrogens is 4. The van der Waals surface area contributed by atoms with Crippen LogP contribution in [0, 0.1) is 6.92 Å². The van der Waals surface area contributed by atoms with Crippen LogP contribution in [0.5, 0.6) is 0 Å². The summed E-state index contributed by atoms with van der Waals surface area (Å²) in [6.07, 6.45) is 1.71. The van der Waals surface area contributed by atoms with Crippen molar-refractivity contribution in [2.45, 2.75) is 6.92 Å². The summed E-state index contributed by atoms with van der Waals surface area (Å²) < 4.78 is 2.34. The molecule has 0 saturated carbocycles. The summed E-state index contributed by atoms with van der Waals surface area (Å²) in [6, 6.07) is 0. The lowest BCUT2D eigenvalue weighted by atomic mass is 10.5. The lowest BCUT2D eigenvalue weighted by Gasteiger charge is -1.89. The molecule has 0 aromatic carbocycles. The largest absolute Gasteiger partial charge is 0.233 e. The normalized spacial score (nSPS) is 10.7. The molecule has 2 rings (SSSR count). The van der Waals surface area contributed by atoms with Crippen LogP contribution in [0.1, 0.15) is 5.69 Å². The van der Waals surface area contributed by atoms with Crippen molar-refractivity contribution in [2.75, 3.05) is 0 Å². The van der Waals surface area contributed by atoms with Gasteiger partial charge in [0.1, 0.15) is 0 Å². The summed E-state index contributed by atoms with van der Waals surface area (Å²) in [5.41, 5.74) is 0.785.